The van der Waals surface area contributed by atoms with Crippen LogP contribution in [-0.2, 0) is 19.1 Å². The van der Waals surface area contributed by atoms with Gasteiger partial charge in [0.05, 0.1) is 29.9 Å². The van der Waals surface area contributed by atoms with Crippen LogP contribution in [0.3, 0.4) is 0 Å². The normalized spacial score (nSPS) is 20.5. The van der Waals surface area contributed by atoms with Crippen molar-refractivity contribution in [2.24, 2.45) is 0 Å². The molecule has 1 N–H and O–H groups in total. The number of hydrogen-bond donors (Lipinski definition) is 1. The third kappa shape index (κ3) is 2.75. The van der Waals surface area contributed by atoms with Crippen LogP contribution in [0.2, 0.25) is 0 Å². The summed E-state index contributed by atoms with van der Waals surface area (Å²) in [6.45, 7) is 2.58. The number of allylic oxidation sites excluding steroid dienone is 1. The second-order valence-corrected chi connectivity index (χ2v) is 6.06. The van der Waals surface area contributed by atoms with Gasteiger partial charge in [-0.05, 0) is 25.5 Å². The van der Waals surface area contributed by atoms with E-state index in [4.69, 9.17) is 9.47 Å². The summed E-state index contributed by atoms with van der Waals surface area (Å²) in [7, 11) is 1.14. The van der Waals surface area contributed by atoms with Gasteiger partial charge in [-0.2, -0.15) is 0 Å². The van der Waals surface area contributed by atoms with Crippen LogP contribution in [0.25, 0.3) is 0 Å². The van der Waals surface area contributed by atoms with E-state index in [9.17, 15) is 22.8 Å². The van der Waals surface area contributed by atoms with Gasteiger partial charge >= 0.3 is 11.9 Å². The molecule has 0 spiro atoms. The summed E-state index contributed by atoms with van der Waals surface area (Å²) in [5.74, 6) is -4.78. The van der Waals surface area contributed by atoms with Crippen LogP contribution in [0.15, 0.2) is 34.7 Å². The molecule has 2 aliphatic heterocycles. The molecule has 0 aliphatic carbocycles. The Hall–Kier alpha value is -2.77. The molecule has 26 heavy (non-hydrogen) atoms. The van der Waals surface area contributed by atoms with Crippen LogP contribution >= 0.6 is 0 Å². The highest BCUT2D eigenvalue weighted by Crippen LogP contribution is 2.44. The lowest BCUT2D eigenvalue weighted by atomic mass is 9.78. The largest absolute Gasteiger partial charge is 0.466 e. The fourth-order valence-corrected chi connectivity index (χ4v) is 3.42. The van der Waals surface area contributed by atoms with Gasteiger partial charge in [0.2, 0.25) is 0 Å². The van der Waals surface area contributed by atoms with Gasteiger partial charge in [0.1, 0.15) is 24.4 Å². The molecular weight excluding hydrogens is 351 g/mol. The van der Waals surface area contributed by atoms with Crippen molar-refractivity contribution >= 4 is 11.9 Å². The van der Waals surface area contributed by atoms with Crippen LogP contribution < -0.4 is 5.32 Å². The van der Waals surface area contributed by atoms with Gasteiger partial charge in [0.15, 0.2) is 0 Å². The highest BCUT2D eigenvalue weighted by molar-refractivity contribution is 6.01. The molecule has 0 radical (unpaired) electrons. The Labute approximate surface area is 147 Å². The molecule has 2 atom stereocenters. The van der Waals surface area contributed by atoms with Crippen molar-refractivity contribution in [3.05, 3.63) is 57.4 Å². The van der Waals surface area contributed by atoms with E-state index in [1.54, 1.807) is 6.92 Å². The fourth-order valence-electron chi connectivity index (χ4n) is 3.42. The lowest BCUT2D eigenvalue weighted by Gasteiger charge is -2.29. The van der Waals surface area contributed by atoms with Gasteiger partial charge in [-0.1, -0.05) is 0 Å². The van der Waals surface area contributed by atoms with Gasteiger partial charge in [0.25, 0.3) is 0 Å². The Bertz CT molecular complexity index is 873. The first kappa shape index (κ1) is 18.0. The number of rotatable bonds is 3. The SMILES string of the molecule is COC(=O)C1=C(C)NC2=C(C(=O)OC2)C1c1cc(F)cc(F)c1[C@H](C)F. The van der Waals surface area contributed by atoms with Crippen molar-refractivity contribution in [3.8, 4) is 0 Å². The number of alkyl halides is 1. The second-order valence-electron chi connectivity index (χ2n) is 6.06. The molecule has 0 saturated heterocycles. The molecule has 0 saturated carbocycles. The average molecular weight is 367 g/mol. The predicted molar refractivity (Wildman–Crippen MR) is 84.5 cm³/mol. The predicted octanol–water partition coefficient (Wildman–Crippen LogP) is 2.94. The van der Waals surface area contributed by atoms with E-state index in [1.165, 1.54) is 0 Å². The quantitative estimate of drug-likeness (QED) is 0.833. The number of halogens is 3. The molecule has 0 fully saturated rings. The Kier molecular flexibility index (Phi) is 4.52. The van der Waals surface area contributed by atoms with Gasteiger partial charge in [-0.25, -0.2) is 22.8 Å². The molecule has 1 unspecified atom stereocenters. The molecule has 0 aromatic heterocycles. The summed E-state index contributed by atoms with van der Waals surface area (Å²) in [5, 5.41) is 2.88. The van der Waals surface area contributed by atoms with Crippen LogP contribution in [0, 0.1) is 11.6 Å². The minimum absolute atomic E-state index is 0.0166. The van der Waals surface area contributed by atoms with Crippen molar-refractivity contribution in [1.29, 1.82) is 0 Å². The smallest absolute Gasteiger partial charge is 0.337 e. The highest BCUT2D eigenvalue weighted by Gasteiger charge is 2.43. The Morgan fingerprint density at radius 2 is 2.08 bits per heavy atom. The van der Waals surface area contributed by atoms with E-state index in [-0.39, 0.29) is 23.3 Å². The monoisotopic (exact) mass is 367 g/mol. The van der Waals surface area contributed by atoms with Crippen molar-refractivity contribution in [1.82, 2.24) is 5.32 Å². The maximum Gasteiger partial charge on any atom is 0.337 e. The van der Waals surface area contributed by atoms with Crippen molar-refractivity contribution in [2.45, 2.75) is 25.9 Å². The number of carbonyl (C=O) groups excluding carboxylic acids is 2. The zero-order valence-electron chi connectivity index (χ0n) is 14.3. The molecule has 138 valence electrons. The number of ether oxygens (including phenoxy) is 2. The number of methoxy groups -OCH3 is 1. The number of hydrogen-bond acceptors (Lipinski definition) is 5. The van der Waals surface area contributed by atoms with Crippen LogP contribution in [0.5, 0.6) is 0 Å². The molecule has 2 heterocycles. The molecule has 1 aromatic carbocycles. The molecule has 8 heteroatoms. The maximum absolute atomic E-state index is 14.3. The van der Waals surface area contributed by atoms with E-state index in [0.717, 1.165) is 20.1 Å². The molecule has 3 rings (SSSR count). The summed E-state index contributed by atoms with van der Waals surface area (Å²) in [6, 6.07) is 1.49. The van der Waals surface area contributed by atoms with Crippen molar-refractivity contribution in [2.75, 3.05) is 13.7 Å². The fraction of sp³-hybridized carbons (Fsp3) is 0.333. The highest BCUT2D eigenvalue weighted by atomic mass is 19.1. The number of benzene rings is 1. The average Bonchev–Trinajstić information content (AvgIpc) is 2.92. The summed E-state index contributed by atoms with van der Waals surface area (Å²) in [6.07, 6.45) is -1.79. The van der Waals surface area contributed by atoms with Gasteiger partial charge < -0.3 is 14.8 Å². The number of dihydropyridines is 1. The topological polar surface area (TPSA) is 64.6 Å². The minimum atomic E-state index is -1.79. The standard InChI is InChI=1S/C18H16F3NO4/c1-7(19)13-10(4-9(20)5-11(13)21)15-14(17(23)25-3)8(2)22-12-6-26-18(24)16(12)15/h4-5,7,15,22H,6H2,1-3H3/t7-,15?/m0/s1. The van der Waals surface area contributed by atoms with Crippen molar-refractivity contribution in [3.63, 3.8) is 0 Å². The third-order valence-corrected chi connectivity index (χ3v) is 4.45. The lowest BCUT2D eigenvalue weighted by molar-refractivity contribution is -0.136. The first-order valence-corrected chi connectivity index (χ1v) is 7.85. The molecule has 2 aliphatic rings. The van der Waals surface area contributed by atoms with Crippen molar-refractivity contribution < 1.29 is 32.2 Å². The Morgan fingerprint density at radius 3 is 2.69 bits per heavy atom. The molecule has 1 aromatic rings. The first-order chi connectivity index (χ1) is 12.3. The number of cyclic esters (lactones) is 1. The molecule has 0 bridgehead atoms. The van der Waals surface area contributed by atoms with Crippen LogP contribution in [-0.4, -0.2) is 25.7 Å². The van der Waals surface area contributed by atoms with Crippen LogP contribution in [0.4, 0.5) is 13.2 Å². The minimum Gasteiger partial charge on any atom is -0.466 e. The number of esters is 2. The van der Waals surface area contributed by atoms with E-state index >= 15 is 0 Å². The lowest BCUT2D eigenvalue weighted by Crippen LogP contribution is -2.30. The summed E-state index contributed by atoms with van der Waals surface area (Å²) in [5.41, 5.74) is 0.123. The van der Waals surface area contributed by atoms with E-state index in [2.05, 4.69) is 5.32 Å². The van der Waals surface area contributed by atoms with Gasteiger partial charge in [-0.3, -0.25) is 0 Å². The zero-order valence-corrected chi connectivity index (χ0v) is 14.3. The number of carbonyl (C=O) groups is 2. The second kappa shape index (κ2) is 6.51. The van der Waals surface area contributed by atoms with E-state index in [1.807, 2.05) is 0 Å². The van der Waals surface area contributed by atoms with E-state index in [0.29, 0.717) is 17.5 Å². The third-order valence-electron chi connectivity index (χ3n) is 4.45. The molecular formula is C18H16F3NO4. The van der Waals surface area contributed by atoms with Gasteiger partial charge in [-0.15, -0.1) is 0 Å². The number of nitrogens with one attached hydrogen (secondary N) is 1. The summed E-state index contributed by atoms with van der Waals surface area (Å²) >= 11 is 0. The molecule has 0 amide bonds. The van der Waals surface area contributed by atoms with Gasteiger partial charge in [0, 0.05) is 17.3 Å². The maximum atomic E-state index is 14.3. The Balaban J connectivity index is 2.33. The van der Waals surface area contributed by atoms with Crippen LogP contribution in [0.1, 0.15) is 37.1 Å². The zero-order chi connectivity index (χ0) is 19.2. The summed E-state index contributed by atoms with van der Waals surface area (Å²) < 4.78 is 52.1. The van der Waals surface area contributed by atoms with E-state index < -0.39 is 41.2 Å². The Morgan fingerprint density at radius 1 is 1.38 bits per heavy atom. The summed E-state index contributed by atoms with van der Waals surface area (Å²) in [4.78, 5) is 24.6. The molecule has 5 nitrogen and oxygen atoms in total. The first-order valence-electron chi connectivity index (χ1n) is 7.85.